The number of aromatic nitrogens is 1. The Labute approximate surface area is 143 Å². The van der Waals surface area contributed by atoms with E-state index in [9.17, 15) is 9.90 Å². The summed E-state index contributed by atoms with van der Waals surface area (Å²) in [5.74, 6) is -0.0432. The van der Waals surface area contributed by atoms with Crippen LogP contribution in [0.25, 0.3) is 11.1 Å². The van der Waals surface area contributed by atoms with E-state index in [0.29, 0.717) is 11.3 Å². The lowest BCUT2D eigenvalue weighted by molar-refractivity contribution is -0.139. The van der Waals surface area contributed by atoms with Crippen LogP contribution in [0.15, 0.2) is 66.7 Å². The second kappa shape index (κ2) is 7.35. The topological polar surface area (TPSA) is 88.9 Å². The molecule has 0 aliphatic carbocycles. The zero-order valence-electron chi connectivity index (χ0n) is 13.1. The molecule has 0 radical (unpaired) electrons. The summed E-state index contributed by atoms with van der Waals surface area (Å²) < 4.78 is 10.7. The third-order valence-electron chi connectivity index (χ3n) is 3.32. The fourth-order valence-electron chi connectivity index (χ4n) is 2.22. The second-order valence-electron chi connectivity index (χ2n) is 5.14. The average Bonchev–Trinajstić information content (AvgIpc) is 2.63. The number of aliphatic carboxylic acids is 1. The normalized spacial score (nSPS) is 10.2. The number of carbonyl (C=O) groups is 1. The average molecular weight is 337 g/mol. The van der Waals surface area contributed by atoms with Crippen molar-refractivity contribution in [1.29, 1.82) is 0 Å². The van der Waals surface area contributed by atoms with E-state index >= 15 is 0 Å². The van der Waals surface area contributed by atoms with Crippen molar-refractivity contribution in [1.82, 2.24) is 4.98 Å². The molecule has 2 N–H and O–H groups in total. The molecule has 6 nitrogen and oxygen atoms in total. The number of pyridine rings is 1. The van der Waals surface area contributed by atoms with Gasteiger partial charge in [0.25, 0.3) is 0 Å². The molecule has 2 aromatic carbocycles. The third-order valence-corrected chi connectivity index (χ3v) is 3.32. The van der Waals surface area contributed by atoms with E-state index < -0.39 is 12.6 Å². The van der Waals surface area contributed by atoms with Gasteiger partial charge in [-0.3, -0.25) is 0 Å². The second-order valence-corrected chi connectivity index (χ2v) is 5.14. The van der Waals surface area contributed by atoms with E-state index in [4.69, 9.17) is 14.6 Å². The van der Waals surface area contributed by atoms with Gasteiger partial charge in [-0.05, 0) is 23.8 Å². The van der Waals surface area contributed by atoms with Gasteiger partial charge in [-0.25, -0.2) is 4.79 Å². The van der Waals surface area contributed by atoms with E-state index in [2.05, 4.69) is 4.98 Å². The summed E-state index contributed by atoms with van der Waals surface area (Å²) in [6.45, 7) is -0.478. The molecule has 1 heterocycles. The molecule has 0 fully saturated rings. The van der Waals surface area contributed by atoms with Crippen LogP contribution >= 0.6 is 0 Å². The van der Waals surface area contributed by atoms with E-state index in [0.717, 1.165) is 5.56 Å². The standard InChI is InChI=1S/C19H15NO5/c21-16-10-9-14(11-15(16)13-5-2-1-3-6-13)25-18-8-4-7-17(20-18)24-12-19(22)23/h1-11,21H,12H2,(H,22,23). The number of phenolic OH excluding ortho intramolecular Hbond substituents is 1. The van der Waals surface area contributed by atoms with Crippen LogP contribution in [0.2, 0.25) is 0 Å². The number of hydrogen-bond donors (Lipinski definition) is 2. The number of aromatic hydroxyl groups is 1. The lowest BCUT2D eigenvalue weighted by Crippen LogP contribution is -2.10. The van der Waals surface area contributed by atoms with E-state index in [1.54, 1.807) is 36.4 Å². The SMILES string of the molecule is O=C(O)COc1cccc(Oc2ccc(O)c(-c3ccccc3)c2)n1. The molecule has 0 atom stereocenters. The fourth-order valence-corrected chi connectivity index (χ4v) is 2.22. The molecule has 6 heteroatoms. The van der Waals surface area contributed by atoms with Crippen molar-refractivity contribution in [2.45, 2.75) is 0 Å². The predicted octanol–water partition coefficient (Wildman–Crippen LogP) is 3.71. The first-order valence-corrected chi connectivity index (χ1v) is 7.50. The Bertz CT molecular complexity index is 880. The molecule has 0 aliphatic rings. The van der Waals surface area contributed by atoms with Crippen LogP contribution in [-0.4, -0.2) is 27.8 Å². The molecule has 0 bridgehead atoms. The van der Waals surface area contributed by atoms with Gasteiger partial charge in [0.15, 0.2) is 6.61 Å². The highest BCUT2D eigenvalue weighted by atomic mass is 16.5. The Morgan fingerprint density at radius 3 is 2.48 bits per heavy atom. The minimum Gasteiger partial charge on any atom is -0.507 e. The predicted molar refractivity (Wildman–Crippen MR) is 91.0 cm³/mol. The van der Waals surface area contributed by atoms with Crippen molar-refractivity contribution < 1.29 is 24.5 Å². The molecule has 0 saturated carbocycles. The maximum atomic E-state index is 10.5. The van der Waals surface area contributed by atoms with Crippen molar-refractivity contribution in [3.63, 3.8) is 0 Å². The first-order chi connectivity index (χ1) is 12.1. The van der Waals surface area contributed by atoms with Gasteiger partial charge in [-0.2, -0.15) is 4.98 Å². The summed E-state index contributed by atoms with van der Waals surface area (Å²) in [6, 6.07) is 19.1. The summed E-state index contributed by atoms with van der Waals surface area (Å²) in [6.07, 6.45) is 0. The number of rotatable bonds is 6. The van der Waals surface area contributed by atoms with E-state index in [-0.39, 0.29) is 17.5 Å². The number of carboxylic acids is 1. The van der Waals surface area contributed by atoms with Crippen LogP contribution in [0, 0.1) is 0 Å². The Morgan fingerprint density at radius 1 is 0.960 bits per heavy atom. The molecule has 3 aromatic rings. The number of nitrogens with zero attached hydrogens (tertiary/aromatic N) is 1. The van der Waals surface area contributed by atoms with Gasteiger partial charge in [-0.1, -0.05) is 36.4 Å². The zero-order chi connectivity index (χ0) is 17.6. The Balaban J connectivity index is 1.82. The highest BCUT2D eigenvalue weighted by Crippen LogP contribution is 2.34. The molecule has 126 valence electrons. The van der Waals surface area contributed by atoms with Crippen LogP contribution in [0.3, 0.4) is 0 Å². The molecule has 0 spiro atoms. The van der Waals surface area contributed by atoms with Crippen LogP contribution < -0.4 is 9.47 Å². The summed E-state index contributed by atoms with van der Waals surface area (Å²) in [4.78, 5) is 14.6. The van der Waals surface area contributed by atoms with Gasteiger partial charge < -0.3 is 19.7 Å². The molecule has 1 aromatic heterocycles. The van der Waals surface area contributed by atoms with Crippen LogP contribution in [0.4, 0.5) is 0 Å². The number of ether oxygens (including phenoxy) is 2. The maximum Gasteiger partial charge on any atom is 0.341 e. The van der Waals surface area contributed by atoms with Crippen molar-refractivity contribution in [2.24, 2.45) is 0 Å². The van der Waals surface area contributed by atoms with Gasteiger partial charge in [-0.15, -0.1) is 0 Å². The molecular weight excluding hydrogens is 322 g/mol. The van der Waals surface area contributed by atoms with E-state index in [1.165, 1.54) is 0 Å². The molecule has 3 rings (SSSR count). The van der Waals surface area contributed by atoms with E-state index in [1.807, 2.05) is 30.3 Å². The van der Waals surface area contributed by atoms with Gasteiger partial charge >= 0.3 is 5.97 Å². The highest BCUT2D eigenvalue weighted by molar-refractivity contribution is 5.71. The largest absolute Gasteiger partial charge is 0.507 e. The maximum absolute atomic E-state index is 10.5. The number of hydrogen-bond acceptors (Lipinski definition) is 5. The van der Waals surface area contributed by atoms with Crippen LogP contribution in [0.5, 0.6) is 23.3 Å². The fraction of sp³-hybridized carbons (Fsp3) is 0.0526. The molecule has 0 saturated heterocycles. The summed E-state index contributed by atoms with van der Waals surface area (Å²) in [7, 11) is 0. The van der Waals surface area contributed by atoms with Gasteiger partial charge in [0, 0.05) is 17.7 Å². The Kier molecular flexibility index (Phi) is 4.80. The van der Waals surface area contributed by atoms with Crippen molar-refractivity contribution in [2.75, 3.05) is 6.61 Å². The van der Waals surface area contributed by atoms with Crippen molar-refractivity contribution in [3.05, 3.63) is 66.7 Å². The first-order valence-electron chi connectivity index (χ1n) is 7.50. The third kappa shape index (κ3) is 4.26. The quantitative estimate of drug-likeness (QED) is 0.713. The molecule has 0 amide bonds. The zero-order valence-corrected chi connectivity index (χ0v) is 13.1. The highest BCUT2D eigenvalue weighted by Gasteiger charge is 2.08. The number of phenols is 1. The van der Waals surface area contributed by atoms with Crippen LogP contribution in [0.1, 0.15) is 0 Å². The molecule has 0 aliphatic heterocycles. The first kappa shape index (κ1) is 16.3. The van der Waals surface area contributed by atoms with Crippen molar-refractivity contribution in [3.8, 4) is 34.4 Å². The number of carboxylic acid groups (broad SMARTS) is 1. The van der Waals surface area contributed by atoms with Crippen LogP contribution in [-0.2, 0) is 4.79 Å². The van der Waals surface area contributed by atoms with Crippen molar-refractivity contribution >= 4 is 5.97 Å². The number of benzene rings is 2. The molecule has 0 unspecified atom stereocenters. The lowest BCUT2D eigenvalue weighted by atomic mass is 10.0. The summed E-state index contributed by atoms with van der Waals surface area (Å²) in [5, 5.41) is 18.7. The molecular formula is C19H15NO5. The Hall–Kier alpha value is -3.54. The van der Waals surface area contributed by atoms with Gasteiger partial charge in [0.1, 0.15) is 11.5 Å². The summed E-state index contributed by atoms with van der Waals surface area (Å²) >= 11 is 0. The van der Waals surface area contributed by atoms with Gasteiger partial charge in [0.05, 0.1) is 0 Å². The molecule has 25 heavy (non-hydrogen) atoms. The summed E-state index contributed by atoms with van der Waals surface area (Å²) in [5.41, 5.74) is 1.49. The lowest BCUT2D eigenvalue weighted by Gasteiger charge is -2.10. The minimum atomic E-state index is -1.08. The van der Waals surface area contributed by atoms with Gasteiger partial charge in [0.2, 0.25) is 11.8 Å². The smallest absolute Gasteiger partial charge is 0.341 e. The monoisotopic (exact) mass is 337 g/mol. The minimum absolute atomic E-state index is 0.144. The Morgan fingerprint density at radius 2 is 1.72 bits per heavy atom.